The average molecular weight is 518 g/mol. The van der Waals surface area contributed by atoms with Gasteiger partial charge in [-0.1, -0.05) is 74.0 Å². The van der Waals surface area contributed by atoms with Gasteiger partial charge in [0.1, 0.15) is 31.8 Å². The zero-order valence-corrected chi connectivity index (χ0v) is 21.9. The number of likely N-dealkylation sites (tertiary alicyclic amines) is 1. The van der Waals surface area contributed by atoms with Crippen LogP contribution in [0.4, 0.5) is 13.2 Å². The minimum atomic E-state index is -6.09. The summed E-state index contributed by atoms with van der Waals surface area (Å²) in [4.78, 5) is 0. The van der Waals surface area contributed by atoms with E-state index in [2.05, 4.69) is 87.2 Å². The third-order valence-corrected chi connectivity index (χ3v) is 7.31. The molecule has 0 spiro atoms. The lowest BCUT2D eigenvalue weighted by molar-refractivity contribution is -1.02. The number of hydrogen-bond acceptors (Lipinski definition) is 4. The first kappa shape index (κ1) is 28.5. The summed E-state index contributed by atoms with van der Waals surface area (Å²) < 4.78 is 66.6. The second-order valence-electron chi connectivity index (χ2n) is 9.71. The molecule has 3 rings (SSSR count). The third-order valence-electron chi connectivity index (χ3n) is 5.73. The molecule has 0 aliphatic carbocycles. The molecule has 0 radical (unpaired) electrons. The molecule has 1 saturated heterocycles. The van der Waals surface area contributed by atoms with E-state index >= 15 is 0 Å². The van der Waals surface area contributed by atoms with E-state index in [1.54, 1.807) is 0 Å². The highest BCUT2D eigenvalue weighted by Gasteiger charge is 2.55. The fourth-order valence-electron chi connectivity index (χ4n) is 4.47. The van der Waals surface area contributed by atoms with Crippen LogP contribution in [-0.4, -0.2) is 50.0 Å². The summed E-state index contributed by atoms with van der Waals surface area (Å²) in [6, 6.07) is 22.6. The summed E-state index contributed by atoms with van der Waals surface area (Å²) in [5.41, 5.74) is -2.76. The van der Waals surface area contributed by atoms with Crippen molar-refractivity contribution in [1.82, 2.24) is 0 Å². The molecule has 0 bridgehead atoms. The number of benzene rings is 2. The molecule has 5 nitrogen and oxygen atoms in total. The topological polar surface area (TPSA) is 66.4 Å². The van der Waals surface area contributed by atoms with Gasteiger partial charge >= 0.3 is 5.51 Å². The van der Waals surface area contributed by atoms with Crippen molar-refractivity contribution in [1.29, 1.82) is 0 Å². The fraction of sp³-hybridized carbons (Fsp3) is 0.500. The Balaban J connectivity index is 0.000000440. The minimum Gasteiger partial charge on any atom is -0.741 e. The van der Waals surface area contributed by atoms with E-state index in [-0.39, 0.29) is 0 Å². The Morgan fingerprint density at radius 1 is 0.971 bits per heavy atom. The smallest absolute Gasteiger partial charge is 0.485 e. The first-order valence-electron chi connectivity index (χ1n) is 11.3. The fourth-order valence-corrected chi connectivity index (χ4v) is 5.61. The van der Waals surface area contributed by atoms with E-state index in [1.807, 2.05) is 0 Å². The molecule has 0 N–H and O–H groups in total. The van der Waals surface area contributed by atoms with Gasteiger partial charge in [0.25, 0.3) is 0 Å². The van der Waals surface area contributed by atoms with Crippen LogP contribution in [0.2, 0.25) is 19.6 Å². The van der Waals surface area contributed by atoms with Crippen LogP contribution in [0.1, 0.15) is 30.9 Å². The average Bonchev–Trinajstić information content (AvgIpc) is 2.71. The van der Waals surface area contributed by atoms with Crippen LogP contribution in [0.25, 0.3) is 0 Å². The van der Waals surface area contributed by atoms with Crippen LogP contribution in [-0.2, 0) is 27.6 Å². The molecular weight excluding hydrogens is 483 g/mol. The molecule has 0 aromatic heterocycles. The summed E-state index contributed by atoms with van der Waals surface area (Å²) in [5.74, 6) is 0. The minimum absolute atomic E-state index is 0.425. The monoisotopic (exact) mass is 517 g/mol. The predicted molar refractivity (Wildman–Crippen MR) is 128 cm³/mol. The lowest BCUT2D eigenvalue weighted by Crippen LogP contribution is -2.74. The molecule has 1 aliphatic rings. The largest absolute Gasteiger partial charge is 0.741 e. The van der Waals surface area contributed by atoms with Gasteiger partial charge in [0.15, 0.2) is 18.4 Å². The molecule has 2 atom stereocenters. The van der Waals surface area contributed by atoms with E-state index in [9.17, 15) is 13.2 Å². The van der Waals surface area contributed by atoms with Crippen LogP contribution >= 0.6 is 0 Å². The van der Waals surface area contributed by atoms with Gasteiger partial charge in [-0.15, -0.1) is 0 Å². The van der Waals surface area contributed by atoms with Crippen molar-refractivity contribution in [2.75, 3.05) is 6.54 Å². The summed E-state index contributed by atoms with van der Waals surface area (Å²) in [7, 11) is -7.61. The number of alkyl halides is 3. The van der Waals surface area contributed by atoms with Gasteiger partial charge in [-0.2, -0.15) is 13.2 Å². The van der Waals surface area contributed by atoms with Crippen molar-refractivity contribution in [3.8, 4) is 0 Å². The van der Waals surface area contributed by atoms with Crippen molar-refractivity contribution in [2.45, 2.75) is 70.2 Å². The SMILES string of the molecule is CCC[C@H]1[C@@H](O[Si](C)(C)C)C[N+]1(Cc1ccccc1)Cc1ccccc1.O=S(=O)([O-])C(F)(F)F. The first-order valence-corrected chi connectivity index (χ1v) is 16.1. The Hall–Kier alpha value is -1.72. The lowest BCUT2D eigenvalue weighted by Gasteiger charge is -2.58. The molecule has 2 aromatic carbocycles. The molecule has 10 heteroatoms. The highest BCUT2D eigenvalue weighted by atomic mass is 32.2. The number of quaternary nitrogens is 1. The Morgan fingerprint density at radius 3 is 1.71 bits per heavy atom. The first-order chi connectivity index (χ1) is 15.7. The Bertz CT molecular complexity index is 955. The van der Waals surface area contributed by atoms with E-state index in [4.69, 9.17) is 17.4 Å². The number of rotatable bonds is 8. The Morgan fingerprint density at radius 2 is 1.38 bits per heavy atom. The van der Waals surface area contributed by atoms with E-state index in [0.29, 0.717) is 12.1 Å². The van der Waals surface area contributed by atoms with Crippen molar-refractivity contribution in [3.63, 3.8) is 0 Å². The second kappa shape index (κ2) is 11.3. The van der Waals surface area contributed by atoms with Gasteiger partial charge in [-0.3, -0.25) is 0 Å². The molecular formula is C24H34F3NO4SSi. The summed E-state index contributed by atoms with van der Waals surface area (Å²) in [5, 5.41) is 0. The molecule has 34 heavy (non-hydrogen) atoms. The highest BCUT2D eigenvalue weighted by Crippen LogP contribution is 2.40. The number of hydrogen-bond donors (Lipinski definition) is 0. The highest BCUT2D eigenvalue weighted by molar-refractivity contribution is 7.86. The van der Waals surface area contributed by atoms with E-state index in [0.717, 1.165) is 24.1 Å². The van der Waals surface area contributed by atoms with Crippen molar-refractivity contribution < 1.29 is 35.1 Å². The van der Waals surface area contributed by atoms with Gasteiger partial charge in [-0.25, -0.2) is 8.42 Å². The Kier molecular flexibility index (Phi) is 9.51. The number of nitrogens with zero attached hydrogens (tertiary/aromatic N) is 1. The van der Waals surface area contributed by atoms with Gasteiger partial charge in [0.2, 0.25) is 0 Å². The van der Waals surface area contributed by atoms with Crippen molar-refractivity contribution in [3.05, 3.63) is 71.8 Å². The van der Waals surface area contributed by atoms with Crippen LogP contribution in [0.15, 0.2) is 60.7 Å². The van der Waals surface area contributed by atoms with Gasteiger partial charge < -0.3 is 13.5 Å². The quantitative estimate of drug-likeness (QED) is 0.196. The van der Waals surface area contributed by atoms with Crippen molar-refractivity contribution >= 4 is 18.4 Å². The van der Waals surface area contributed by atoms with E-state index < -0.39 is 23.9 Å². The number of halogens is 3. The molecule has 1 aliphatic heterocycles. The van der Waals surface area contributed by atoms with Crippen LogP contribution in [0.5, 0.6) is 0 Å². The molecule has 0 unspecified atom stereocenters. The van der Waals surface area contributed by atoms with Crippen molar-refractivity contribution in [2.24, 2.45) is 0 Å². The maximum atomic E-state index is 10.7. The van der Waals surface area contributed by atoms with Gasteiger partial charge in [0.05, 0.1) is 0 Å². The van der Waals surface area contributed by atoms with Crippen LogP contribution in [0.3, 0.4) is 0 Å². The molecule has 0 saturated carbocycles. The predicted octanol–water partition coefficient (Wildman–Crippen LogP) is 5.66. The van der Waals surface area contributed by atoms with Crippen LogP contribution in [0, 0.1) is 0 Å². The maximum absolute atomic E-state index is 10.7. The second-order valence-corrected chi connectivity index (χ2v) is 15.5. The molecule has 1 heterocycles. The van der Waals surface area contributed by atoms with Crippen LogP contribution < -0.4 is 0 Å². The molecule has 0 amide bonds. The lowest BCUT2D eigenvalue weighted by atomic mass is 9.88. The summed E-state index contributed by atoms with van der Waals surface area (Å²) in [6.45, 7) is 12.6. The normalized spacial score (nSPS) is 20.1. The molecule has 2 aromatic rings. The summed E-state index contributed by atoms with van der Waals surface area (Å²) in [6.07, 6.45) is 2.89. The standard InChI is InChI=1S/C23H34NOSi.CHF3O3S/c1-5-12-22-23(25-26(2,3)4)19-24(22,17-20-13-8-6-9-14-20)18-21-15-10-7-11-16-21;2-1(3,4)8(5,6)7/h6-11,13-16,22-23H,5,12,17-19H2,1-4H3;(H,5,6,7)/q+1;/p-1/t22-,23-;/m0./s1. The molecule has 1 fully saturated rings. The zero-order valence-electron chi connectivity index (χ0n) is 20.1. The molecule has 190 valence electrons. The van der Waals surface area contributed by atoms with Gasteiger partial charge in [0, 0.05) is 17.5 Å². The third kappa shape index (κ3) is 8.19. The Labute approximate surface area is 202 Å². The van der Waals surface area contributed by atoms with Gasteiger partial charge in [-0.05, 0) is 19.6 Å². The van der Waals surface area contributed by atoms with E-state index in [1.165, 1.54) is 24.0 Å². The maximum Gasteiger partial charge on any atom is 0.485 e. The zero-order chi connectivity index (χ0) is 25.6. The summed E-state index contributed by atoms with van der Waals surface area (Å²) >= 11 is 0.